The van der Waals surface area contributed by atoms with E-state index >= 15 is 0 Å². The monoisotopic (exact) mass is 341 g/mol. The molecule has 1 aliphatic rings. The van der Waals surface area contributed by atoms with Gasteiger partial charge in [-0.2, -0.15) is 8.42 Å². The van der Waals surface area contributed by atoms with Gasteiger partial charge in [0.05, 0.1) is 4.90 Å². The van der Waals surface area contributed by atoms with Gasteiger partial charge in [-0.15, -0.1) is 0 Å². The molecule has 1 aromatic rings. The lowest BCUT2D eigenvalue weighted by molar-refractivity contribution is -0.176. The molecule has 0 spiro atoms. The number of hydrogen-bond donors (Lipinski definition) is 0. The molecule has 1 atom stereocenters. The quantitative estimate of drug-likeness (QED) is 0.603. The summed E-state index contributed by atoms with van der Waals surface area (Å²) in [6, 6.07) is 6.30. The van der Waals surface area contributed by atoms with Gasteiger partial charge in [-0.1, -0.05) is 17.7 Å². The molecule has 1 fully saturated rings. The van der Waals surface area contributed by atoms with E-state index in [1.165, 1.54) is 12.1 Å². The van der Waals surface area contributed by atoms with E-state index in [4.69, 9.17) is 8.92 Å². The second-order valence-corrected chi connectivity index (χ2v) is 8.21. The number of nitrogens with zero attached hydrogens (tertiary/aromatic N) is 1. The maximum atomic E-state index is 12.4. The summed E-state index contributed by atoms with van der Waals surface area (Å²) in [7, 11) is -4.04. The van der Waals surface area contributed by atoms with Crippen LogP contribution in [-0.2, 0) is 23.8 Å². The molecule has 0 N–H and O–H groups in total. The highest BCUT2D eigenvalue weighted by molar-refractivity contribution is 7.86. The van der Waals surface area contributed by atoms with Crippen LogP contribution in [0.3, 0.4) is 0 Å². The smallest absolute Gasteiger partial charge is 0.352 e. The summed E-state index contributed by atoms with van der Waals surface area (Å²) in [5, 5.41) is 0. The zero-order valence-corrected chi connectivity index (χ0v) is 14.7. The third-order valence-corrected chi connectivity index (χ3v) is 4.64. The summed E-state index contributed by atoms with van der Waals surface area (Å²) in [5.41, 5.74) is 0.229. The van der Waals surface area contributed by atoms with Crippen molar-refractivity contribution in [2.45, 2.75) is 50.8 Å². The van der Waals surface area contributed by atoms with Gasteiger partial charge in [0.15, 0.2) is 0 Å². The molecular formula is C16H23NO5S. The molecule has 0 aliphatic carbocycles. The predicted molar refractivity (Wildman–Crippen MR) is 85.3 cm³/mol. The summed E-state index contributed by atoms with van der Waals surface area (Å²) in [5.74, 6) is -0.687. The summed E-state index contributed by atoms with van der Waals surface area (Å²) in [6.45, 7) is 8.26. The van der Waals surface area contributed by atoms with Gasteiger partial charge in [0.1, 0.15) is 5.60 Å². The average molecular weight is 341 g/mol. The number of aryl methyl sites for hydroxylation is 1. The number of benzene rings is 1. The van der Waals surface area contributed by atoms with Crippen LogP contribution >= 0.6 is 0 Å². The van der Waals surface area contributed by atoms with E-state index in [0.717, 1.165) is 12.0 Å². The summed E-state index contributed by atoms with van der Waals surface area (Å²) >= 11 is 0. The van der Waals surface area contributed by atoms with Crippen LogP contribution in [-0.4, -0.2) is 44.2 Å². The topological polar surface area (TPSA) is 72.9 Å². The third kappa shape index (κ3) is 4.76. The molecule has 0 aromatic heterocycles. The molecule has 1 unspecified atom stereocenters. The van der Waals surface area contributed by atoms with Gasteiger partial charge in [0.25, 0.3) is 10.1 Å². The van der Waals surface area contributed by atoms with Crippen LogP contribution in [0.5, 0.6) is 0 Å². The summed E-state index contributed by atoms with van der Waals surface area (Å²) < 4.78 is 35.3. The molecule has 1 aromatic carbocycles. The minimum atomic E-state index is -4.04. The Balaban J connectivity index is 2.20. The van der Waals surface area contributed by atoms with Crippen LogP contribution in [0.1, 0.15) is 32.8 Å². The summed E-state index contributed by atoms with van der Waals surface area (Å²) in [4.78, 5) is 14.0. The molecule has 1 heterocycles. The molecular weight excluding hydrogens is 318 g/mol. The third-order valence-electron chi connectivity index (χ3n) is 3.36. The molecule has 23 heavy (non-hydrogen) atoms. The van der Waals surface area contributed by atoms with Gasteiger partial charge in [-0.05, 0) is 46.2 Å². The standard InChI is InChI=1S/C16H23NO5S/c1-12-6-8-13(9-7-12)23(19,20)22-14(17-10-5-11-17)15(18)21-16(2,3)4/h6-9,14H,5,10-11H2,1-4H3. The molecule has 0 saturated carbocycles. The van der Waals surface area contributed by atoms with E-state index in [9.17, 15) is 13.2 Å². The van der Waals surface area contributed by atoms with Crippen LogP contribution in [0.15, 0.2) is 29.2 Å². The zero-order valence-electron chi connectivity index (χ0n) is 13.9. The van der Waals surface area contributed by atoms with Gasteiger partial charge in [-0.3, -0.25) is 4.90 Å². The first kappa shape index (κ1) is 17.9. The SMILES string of the molecule is Cc1ccc(S(=O)(=O)OC(C(=O)OC(C)(C)C)N2CCC2)cc1. The Morgan fingerprint density at radius 3 is 2.17 bits per heavy atom. The molecule has 0 amide bonds. The van der Waals surface area contributed by atoms with Crippen molar-refractivity contribution < 1.29 is 22.1 Å². The maximum Gasteiger partial charge on any atom is 0.352 e. The first-order valence-electron chi connectivity index (χ1n) is 7.55. The van der Waals surface area contributed by atoms with E-state index < -0.39 is 27.9 Å². The largest absolute Gasteiger partial charge is 0.457 e. The Labute approximate surface area is 137 Å². The number of carbonyl (C=O) groups excluding carboxylic acids is 1. The normalized spacial score (nSPS) is 17.4. The molecule has 2 rings (SSSR count). The van der Waals surface area contributed by atoms with Gasteiger partial charge in [0.2, 0.25) is 6.23 Å². The van der Waals surface area contributed by atoms with Crippen molar-refractivity contribution in [2.24, 2.45) is 0 Å². The van der Waals surface area contributed by atoms with Crippen LogP contribution in [0, 0.1) is 6.92 Å². The Morgan fingerprint density at radius 1 is 1.17 bits per heavy atom. The predicted octanol–water partition coefficient (Wildman–Crippen LogP) is 2.07. The highest BCUT2D eigenvalue weighted by Crippen LogP contribution is 2.22. The average Bonchev–Trinajstić information content (AvgIpc) is 2.34. The van der Waals surface area contributed by atoms with Crippen LogP contribution in [0.4, 0.5) is 0 Å². The second kappa shape index (κ2) is 6.59. The number of hydrogen-bond acceptors (Lipinski definition) is 6. The van der Waals surface area contributed by atoms with E-state index in [1.54, 1.807) is 37.8 Å². The van der Waals surface area contributed by atoms with Gasteiger partial charge in [-0.25, -0.2) is 8.98 Å². The first-order chi connectivity index (χ1) is 10.6. The fraction of sp³-hybridized carbons (Fsp3) is 0.562. The second-order valence-electron chi connectivity index (χ2n) is 6.64. The first-order valence-corrected chi connectivity index (χ1v) is 8.96. The number of rotatable bonds is 5. The van der Waals surface area contributed by atoms with E-state index in [-0.39, 0.29) is 4.90 Å². The fourth-order valence-corrected chi connectivity index (χ4v) is 3.08. The lowest BCUT2D eigenvalue weighted by Gasteiger charge is -2.36. The van der Waals surface area contributed by atoms with Crippen molar-refractivity contribution in [3.8, 4) is 0 Å². The highest BCUT2D eigenvalue weighted by Gasteiger charge is 2.38. The number of carbonyl (C=O) groups is 1. The Kier molecular flexibility index (Phi) is 5.13. The molecule has 0 bridgehead atoms. The van der Waals surface area contributed by atoms with Gasteiger partial charge < -0.3 is 4.74 Å². The molecule has 6 nitrogen and oxygen atoms in total. The highest BCUT2D eigenvalue weighted by atomic mass is 32.2. The number of ether oxygens (including phenoxy) is 1. The number of likely N-dealkylation sites (tertiary alicyclic amines) is 1. The molecule has 7 heteroatoms. The van der Waals surface area contributed by atoms with Crippen molar-refractivity contribution in [3.05, 3.63) is 29.8 Å². The molecule has 0 radical (unpaired) electrons. The minimum Gasteiger partial charge on any atom is -0.457 e. The lowest BCUT2D eigenvalue weighted by atomic mass is 10.2. The van der Waals surface area contributed by atoms with Gasteiger partial charge in [0, 0.05) is 13.1 Å². The maximum absolute atomic E-state index is 12.4. The van der Waals surface area contributed by atoms with E-state index in [1.807, 2.05) is 6.92 Å². The minimum absolute atomic E-state index is 0.0252. The van der Waals surface area contributed by atoms with Crippen LogP contribution in [0.2, 0.25) is 0 Å². The van der Waals surface area contributed by atoms with Gasteiger partial charge >= 0.3 is 5.97 Å². The van der Waals surface area contributed by atoms with Crippen molar-refractivity contribution in [1.29, 1.82) is 0 Å². The van der Waals surface area contributed by atoms with Crippen molar-refractivity contribution in [3.63, 3.8) is 0 Å². The van der Waals surface area contributed by atoms with Crippen molar-refractivity contribution in [2.75, 3.05) is 13.1 Å². The Hall–Kier alpha value is -1.44. The van der Waals surface area contributed by atoms with Crippen LogP contribution in [0.25, 0.3) is 0 Å². The fourth-order valence-electron chi connectivity index (χ4n) is 2.06. The Morgan fingerprint density at radius 2 is 1.74 bits per heavy atom. The van der Waals surface area contributed by atoms with Crippen LogP contribution < -0.4 is 0 Å². The molecule has 1 aliphatic heterocycles. The lowest BCUT2D eigenvalue weighted by Crippen LogP contribution is -2.52. The molecule has 128 valence electrons. The van der Waals surface area contributed by atoms with E-state index in [2.05, 4.69) is 0 Å². The summed E-state index contributed by atoms with van der Waals surface area (Å²) in [6.07, 6.45) is -0.345. The zero-order chi connectivity index (χ0) is 17.3. The van der Waals surface area contributed by atoms with Crippen molar-refractivity contribution >= 4 is 16.1 Å². The Bertz CT molecular complexity index is 657. The number of esters is 1. The van der Waals surface area contributed by atoms with Crippen molar-refractivity contribution in [1.82, 2.24) is 4.90 Å². The van der Waals surface area contributed by atoms with E-state index in [0.29, 0.717) is 13.1 Å². The molecule has 1 saturated heterocycles.